The summed E-state index contributed by atoms with van der Waals surface area (Å²) < 4.78 is 14.0. The first kappa shape index (κ1) is 14.2. The van der Waals surface area contributed by atoms with Crippen LogP contribution in [-0.4, -0.2) is 12.5 Å². The van der Waals surface area contributed by atoms with E-state index in [2.05, 4.69) is 42.0 Å². The molecular formula is C13H17BrFNO. The molecule has 0 aromatic heterocycles. The van der Waals surface area contributed by atoms with Gasteiger partial charge in [0, 0.05) is 6.54 Å². The molecule has 4 heteroatoms. The molecule has 1 rings (SSSR count). The zero-order valence-electron chi connectivity index (χ0n) is 10.3. The second-order valence-corrected chi connectivity index (χ2v) is 5.66. The Kier molecular flexibility index (Phi) is 4.69. The highest BCUT2D eigenvalue weighted by Crippen LogP contribution is 2.20. The first-order chi connectivity index (χ1) is 7.87. The van der Waals surface area contributed by atoms with Crippen LogP contribution in [0, 0.1) is 11.2 Å². The highest BCUT2D eigenvalue weighted by molar-refractivity contribution is 9.10. The van der Waals surface area contributed by atoms with Gasteiger partial charge < -0.3 is 5.32 Å². The molecule has 0 aliphatic heterocycles. The molecule has 0 atom stereocenters. The SMILES string of the molecule is CCC(C)(C)CNC(=O)c1cccc(Br)c1F. The molecule has 0 heterocycles. The van der Waals surface area contributed by atoms with E-state index in [4.69, 9.17) is 0 Å². The molecule has 17 heavy (non-hydrogen) atoms. The van der Waals surface area contributed by atoms with Crippen LogP contribution in [0.25, 0.3) is 0 Å². The van der Waals surface area contributed by atoms with Crippen molar-refractivity contribution in [2.45, 2.75) is 27.2 Å². The maximum atomic E-state index is 13.6. The Balaban J connectivity index is 2.74. The van der Waals surface area contributed by atoms with Crippen molar-refractivity contribution in [2.75, 3.05) is 6.54 Å². The third kappa shape index (κ3) is 3.80. The summed E-state index contributed by atoms with van der Waals surface area (Å²) in [5.41, 5.74) is 0.101. The third-order valence-electron chi connectivity index (χ3n) is 2.88. The number of carbonyl (C=O) groups is 1. The summed E-state index contributed by atoms with van der Waals surface area (Å²) in [7, 11) is 0. The van der Waals surface area contributed by atoms with Gasteiger partial charge in [-0.15, -0.1) is 0 Å². The first-order valence-corrected chi connectivity index (χ1v) is 6.39. The number of hydrogen-bond acceptors (Lipinski definition) is 1. The molecular weight excluding hydrogens is 285 g/mol. The molecule has 0 saturated heterocycles. The lowest BCUT2D eigenvalue weighted by Crippen LogP contribution is -2.34. The normalized spacial score (nSPS) is 11.4. The molecule has 0 radical (unpaired) electrons. The van der Waals surface area contributed by atoms with Crippen molar-refractivity contribution in [1.29, 1.82) is 0 Å². The Morgan fingerprint density at radius 3 is 2.71 bits per heavy atom. The molecule has 0 unspecified atom stereocenters. The van der Waals surface area contributed by atoms with E-state index in [0.29, 0.717) is 11.0 Å². The summed E-state index contributed by atoms with van der Waals surface area (Å²) >= 11 is 3.06. The van der Waals surface area contributed by atoms with Gasteiger partial charge in [-0.05, 0) is 39.9 Å². The third-order valence-corrected chi connectivity index (χ3v) is 3.49. The summed E-state index contributed by atoms with van der Waals surface area (Å²) in [6.07, 6.45) is 0.953. The first-order valence-electron chi connectivity index (χ1n) is 5.59. The Morgan fingerprint density at radius 1 is 1.47 bits per heavy atom. The number of hydrogen-bond donors (Lipinski definition) is 1. The Labute approximate surface area is 110 Å². The largest absolute Gasteiger partial charge is 0.351 e. The van der Waals surface area contributed by atoms with Crippen LogP contribution in [0.1, 0.15) is 37.6 Å². The monoisotopic (exact) mass is 301 g/mol. The van der Waals surface area contributed by atoms with Crippen LogP contribution in [0.5, 0.6) is 0 Å². The van der Waals surface area contributed by atoms with Gasteiger partial charge in [-0.3, -0.25) is 4.79 Å². The fourth-order valence-electron chi connectivity index (χ4n) is 1.22. The number of rotatable bonds is 4. The van der Waals surface area contributed by atoms with Crippen LogP contribution in [-0.2, 0) is 0 Å². The molecule has 0 aliphatic rings. The van der Waals surface area contributed by atoms with Gasteiger partial charge in [-0.2, -0.15) is 0 Å². The zero-order chi connectivity index (χ0) is 13.1. The molecule has 1 aromatic carbocycles. The van der Waals surface area contributed by atoms with Crippen LogP contribution in [0.15, 0.2) is 22.7 Å². The maximum absolute atomic E-state index is 13.6. The fourth-order valence-corrected chi connectivity index (χ4v) is 1.59. The average molecular weight is 302 g/mol. The molecule has 1 N–H and O–H groups in total. The van der Waals surface area contributed by atoms with E-state index < -0.39 is 5.82 Å². The summed E-state index contributed by atoms with van der Waals surface area (Å²) in [5, 5.41) is 2.76. The number of carbonyl (C=O) groups excluding carboxylic acids is 1. The predicted molar refractivity (Wildman–Crippen MR) is 70.5 cm³/mol. The van der Waals surface area contributed by atoms with Crippen LogP contribution in [0.4, 0.5) is 4.39 Å². The van der Waals surface area contributed by atoms with Gasteiger partial charge >= 0.3 is 0 Å². The van der Waals surface area contributed by atoms with E-state index >= 15 is 0 Å². The van der Waals surface area contributed by atoms with Gasteiger partial charge in [0.15, 0.2) is 0 Å². The lowest BCUT2D eigenvalue weighted by atomic mass is 9.90. The van der Waals surface area contributed by atoms with E-state index in [0.717, 1.165) is 6.42 Å². The van der Waals surface area contributed by atoms with Crippen molar-refractivity contribution >= 4 is 21.8 Å². The van der Waals surface area contributed by atoms with Crippen molar-refractivity contribution in [3.05, 3.63) is 34.1 Å². The van der Waals surface area contributed by atoms with E-state index in [1.54, 1.807) is 12.1 Å². The highest BCUT2D eigenvalue weighted by Gasteiger charge is 2.18. The van der Waals surface area contributed by atoms with E-state index in [9.17, 15) is 9.18 Å². The maximum Gasteiger partial charge on any atom is 0.254 e. The van der Waals surface area contributed by atoms with Crippen molar-refractivity contribution in [1.82, 2.24) is 5.32 Å². The van der Waals surface area contributed by atoms with Gasteiger partial charge in [0.25, 0.3) is 5.91 Å². The van der Waals surface area contributed by atoms with Gasteiger partial charge in [0.2, 0.25) is 0 Å². The van der Waals surface area contributed by atoms with Crippen LogP contribution in [0.2, 0.25) is 0 Å². The molecule has 0 spiro atoms. The molecule has 1 aromatic rings. The zero-order valence-corrected chi connectivity index (χ0v) is 11.9. The van der Waals surface area contributed by atoms with E-state index in [1.165, 1.54) is 6.07 Å². The molecule has 94 valence electrons. The summed E-state index contributed by atoms with van der Waals surface area (Å²) in [4.78, 5) is 11.8. The Morgan fingerprint density at radius 2 is 2.12 bits per heavy atom. The van der Waals surface area contributed by atoms with Gasteiger partial charge in [0.05, 0.1) is 10.0 Å². The molecule has 0 bridgehead atoms. The molecule has 2 nitrogen and oxygen atoms in total. The Bertz CT molecular complexity index is 418. The van der Waals surface area contributed by atoms with Crippen LogP contribution >= 0.6 is 15.9 Å². The molecule has 0 saturated carbocycles. The van der Waals surface area contributed by atoms with E-state index in [1.807, 2.05) is 0 Å². The van der Waals surface area contributed by atoms with Crippen molar-refractivity contribution in [2.24, 2.45) is 5.41 Å². The Hall–Kier alpha value is -0.900. The summed E-state index contributed by atoms with van der Waals surface area (Å²) in [6.45, 7) is 6.72. The molecule has 0 fully saturated rings. The van der Waals surface area contributed by atoms with Crippen LogP contribution < -0.4 is 5.32 Å². The number of nitrogens with one attached hydrogen (secondary N) is 1. The molecule has 1 amide bonds. The topological polar surface area (TPSA) is 29.1 Å². The second-order valence-electron chi connectivity index (χ2n) is 4.80. The van der Waals surface area contributed by atoms with Crippen molar-refractivity contribution in [3.8, 4) is 0 Å². The lowest BCUT2D eigenvalue weighted by molar-refractivity contribution is 0.0931. The van der Waals surface area contributed by atoms with Gasteiger partial charge in [0.1, 0.15) is 5.82 Å². The standard InChI is InChI=1S/C13H17BrFNO/c1-4-13(2,3)8-16-12(17)9-6-5-7-10(14)11(9)15/h5-7H,4,8H2,1-3H3,(H,16,17). The minimum absolute atomic E-state index is 0.0259. The fraction of sp³-hybridized carbons (Fsp3) is 0.462. The predicted octanol–water partition coefficient (Wildman–Crippen LogP) is 3.75. The molecule has 0 aliphatic carbocycles. The van der Waals surface area contributed by atoms with Crippen molar-refractivity contribution < 1.29 is 9.18 Å². The van der Waals surface area contributed by atoms with Gasteiger partial charge in [-0.25, -0.2) is 4.39 Å². The number of amides is 1. The van der Waals surface area contributed by atoms with Crippen molar-refractivity contribution in [3.63, 3.8) is 0 Å². The quantitative estimate of drug-likeness (QED) is 0.901. The summed E-state index contributed by atoms with van der Waals surface area (Å²) in [6, 6.07) is 4.70. The van der Waals surface area contributed by atoms with Crippen LogP contribution in [0.3, 0.4) is 0 Å². The summed E-state index contributed by atoms with van der Waals surface area (Å²) in [5.74, 6) is -0.885. The average Bonchev–Trinajstić information content (AvgIpc) is 2.30. The minimum atomic E-state index is -0.515. The highest BCUT2D eigenvalue weighted by atomic mass is 79.9. The second kappa shape index (κ2) is 5.63. The number of benzene rings is 1. The minimum Gasteiger partial charge on any atom is -0.351 e. The van der Waals surface area contributed by atoms with Gasteiger partial charge in [-0.1, -0.05) is 26.8 Å². The van der Waals surface area contributed by atoms with E-state index in [-0.39, 0.29) is 16.9 Å². The number of halogens is 2. The lowest BCUT2D eigenvalue weighted by Gasteiger charge is -2.22. The smallest absolute Gasteiger partial charge is 0.254 e.